The highest BCUT2D eigenvalue weighted by Gasteiger charge is 2.51. The topological polar surface area (TPSA) is 210 Å². The van der Waals surface area contributed by atoms with Crippen LogP contribution in [0.15, 0.2) is 36.5 Å². The minimum absolute atomic E-state index is 0.0169. The fraction of sp³-hybridized carbons (Fsp3) is 0.830. The van der Waals surface area contributed by atoms with E-state index >= 15 is 0 Å². The van der Waals surface area contributed by atoms with E-state index < -0.39 is 75.7 Å². The zero-order valence-corrected chi connectivity index (χ0v) is 38.6. The van der Waals surface area contributed by atoms with Crippen LogP contribution < -0.4 is 0 Å². The van der Waals surface area contributed by atoms with Crippen LogP contribution in [0.25, 0.3) is 0 Å². The molecule has 61 heavy (non-hydrogen) atoms. The SMILES string of the molecule is CCCCCCCCCC=CCC=CCC=CCCC(=O)OC(COC(=O)CCCCCCCCCCCCCCCCC)COP(=O)(O)OC1C(O)C(O)C(O)C(O)C1O. The predicted molar refractivity (Wildman–Crippen MR) is 240 cm³/mol. The van der Waals surface area contributed by atoms with Gasteiger partial charge in [-0.15, -0.1) is 0 Å². The van der Waals surface area contributed by atoms with Crippen molar-refractivity contribution in [2.24, 2.45) is 0 Å². The standard InChI is InChI=1S/C47H85O13P/c1-3-5-7-9-11-13-15-17-19-20-22-24-26-28-30-32-34-36-41(49)59-39(38-58-61(55,56)60-47-45(53)43(51)42(50)44(52)46(47)54)37-57-40(48)35-33-31-29-27-25-23-21-18-16-14-12-10-8-6-4-2/h19-20,24,26,30,32,39,42-47,50-54H,3-18,21-23,25,27-29,31,33-38H2,1-2H3,(H,55,56). The van der Waals surface area contributed by atoms with E-state index in [1.807, 2.05) is 12.2 Å². The van der Waals surface area contributed by atoms with Crippen molar-refractivity contribution >= 4 is 19.8 Å². The Labute approximate surface area is 368 Å². The molecule has 1 rings (SSSR count). The zero-order chi connectivity index (χ0) is 45.0. The van der Waals surface area contributed by atoms with E-state index in [9.17, 15) is 44.6 Å². The number of aliphatic hydroxyl groups excluding tert-OH is 5. The number of hydrogen-bond donors (Lipinski definition) is 6. The van der Waals surface area contributed by atoms with Gasteiger partial charge in [0.25, 0.3) is 0 Å². The van der Waals surface area contributed by atoms with Crippen molar-refractivity contribution < 1.29 is 63.1 Å². The third-order valence-corrected chi connectivity index (χ3v) is 12.0. The quantitative estimate of drug-likeness (QED) is 0.0147. The lowest BCUT2D eigenvalue weighted by molar-refractivity contribution is -0.220. The van der Waals surface area contributed by atoms with Gasteiger partial charge < -0.3 is 39.9 Å². The maximum absolute atomic E-state index is 12.8. The Bertz CT molecular complexity index is 1210. The Morgan fingerprint density at radius 3 is 1.41 bits per heavy atom. The molecule has 0 aromatic heterocycles. The molecule has 6 N–H and O–H groups in total. The molecule has 0 aromatic carbocycles. The number of rotatable bonds is 39. The molecule has 0 bridgehead atoms. The summed E-state index contributed by atoms with van der Waals surface area (Å²) in [5, 5.41) is 50.1. The van der Waals surface area contributed by atoms with E-state index in [1.165, 1.54) is 116 Å². The second kappa shape index (κ2) is 37.4. The van der Waals surface area contributed by atoms with Gasteiger partial charge in [-0.25, -0.2) is 4.57 Å². The number of carbonyl (C=O) groups is 2. The molecule has 0 amide bonds. The Balaban J connectivity index is 2.49. The van der Waals surface area contributed by atoms with Gasteiger partial charge in [0.05, 0.1) is 6.61 Å². The average Bonchev–Trinajstić information content (AvgIpc) is 3.24. The first-order valence-corrected chi connectivity index (χ1v) is 25.3. The number of phosphoric acid groups is 1. The minimum atomic E-state index is -5.13. The predicted octanol–water partition coefficient (Wildman–Crippen LogP) is 9.39. The number of unbranched alkanes of at least 4 members (excludes halogenated alkanes) is 21. The van der Waals surface area contributed by atoms with E-state index in [1.54, 1.807) is 0 Å². The summed E-state index contributed by atoms with van der Waals surface area (Å²) in [6.07, 6.45) is 29.3. The van der Waals surface area contributed by atoms with Crippen molar-refractivity contribution in [3.63, 3.8) is 0 Å². The lowest BCUT2D eigenvalue weighted by Gasteiger charge is -2.41. The highest BCUT2D eigenvalue weighted by atomic mass is 31.2. The fourth-order valence-electron chi connectivity index (χ4n) is 7.14. The molecular weight excluding hydrogens is 803 g/mol. The van der Waals surface area contributed by atoms with Crippen molar-refractivity contribution in [3.05, 3.63) is 36.5 Å². The fourth-order valence-corrected chi connectivity index (χ4v) is 8.11. The Hall–Kier alpha value is -1.93. The van der Waals surface area contributed by atoms with Gasteiger partial charge in [-0.1, -0.05) is 179 Å². The summed E-state index contributed by atoms with van der Waals surface area (Å²) in [5.41, 5.74) is 0. The number of esters is 2. The highest BCUT2D eigenvalue weighted by Crippen LogP contribution is 2.47. The van der Waals surface area contributed by atoms with E-state index in [-0.39, 0.29) is 12.8 Å². The van der Waals surface area contributed by atoms with Crippen molar-refractivity contribution in [2.75, 3.05) is 13.2 Å². The molecule has 14 heteroatoms. The Morgan fingerprint density at radius 1 is 0.508 bits per heavy atom. The highest BCUT2D eigenvalue weighted by molar-refractivity contribution is 7.47. The molecule has 0 aromatic rings. The maximum Gasteiger partial charge on any atom is 0.472 e. The van der Waals surface area contributed by atoms with E-state index in [0.717, 1.165) is 32.1 Å². The first-order valence-electron chi connectivity index (χ1n) is 23.8. The van der Waals surface area contributed by atoms with Crippen LogP contribution in [-0.4, -0.2) is 98.3 Å². The first kappa shape index (κ1) is 57.1. The first-order chi connectivity index (χ1) is 29.4. The van der Waals surface area contributed by atoms with Crippen molar-refractivity contribution in [1.29, 1.82) is 0 Å². The summed E-state index contributed by atoms with van der Waals surface area (Å²) in [6.45, 7) is 3.25. The van der Waals surface area contributed by atoms with E-state index in [2.05, 4.69) is 38.2 Å². The van der Waals surface area contributed by atoms with Crippen LogP contribution in [0, 0.1) is 0 Å². The number of allylic oxidation sites excluding steroid dienone is 6. The molecule has 13 nitrogen and oxygen atoms in total. The molecule has 0 aliphatic heterocycles. The maximum atomic E-state index is 12.8. The summed E-state index contributed by atoms with van der Waals surface area (Å²) in [5.74, 6) is -1.18. The van der Waals surface area contributed by atoms with Gasteiger partial charge >= 0.3 is 19.8 Å². The third kappa shape index (κ3) is 30.0. The zero-order valence-electron chi connectivity index (χ0n) is 37.7. The Kier molecular flexibility index (Phi) is 35.0. The molecule has 1 fully saturated rings. The smallest absolute Gasteiger partial charge is 0.462 e. The molecule has 6 unspecified atom stereocenters. The summed E-state index contributed by atoms with van der Waals surface area (Å²) < 4.78 is 33.5. The second-order valence-corrected chi connectivity index (χ2v) is 18.0. The lowest BCUT2D eigenvalue weighted by atomic mass is 9.85. The molecule has 0 spiro atoms. The van der Waals surface area contributed by atoms with Gasteiger partial charge in [0.15, 0.2) is 6.10 Å². The summed E-state index contributed by atoms with van der Waals surface area (Å²) in [7, 11) is -5.13. The van der Waals surface area contributed by atoms with Crippen LogP contribution in [0.4, 0.5) is 0 Å². The molecule has 0 saturated heterocycles. The van der Waals surface area contributed by atoms with Gasteiger partial charge in [-0.3, -0.25) is 18.6 Å². The van der Waals surface area contributed by atoms with Gasteiger partial charge in [0.2, 0.25) is 0 Å². The van der Waals surface area contributed by atoms with Crippen LogP contribution >= 0.6 is 7.82 Å². The van der Waals surface area contributed by atoms with Crippen molar-refractivity contribution in [3.8, 4) is 0 Å². The second-order valence-electron chi connectivity index (χ2n) is 16.6. The minimum Gasteiger partial charge on any atom is -0.462 e. The third-order valence-electron chi connectivity index (χ3n) is 11.0. The molecule has 356 valence electrons. The summed E-state index contributed by atoms with van der Waals surface area (Å²) >= 11 is 0. The van der Waals surface area contributed by atoms with Gasteiger partial charge in [0, 0.05) is 12.8 Å². The van der Waals surface area contributed by atoms with E-state index in [4.69, 9.17) is 18.5 Å². The molecule has 0 heterocycles. The van der Waals surface area contributed by atoms with Crippen LogP contribution in [0.1, 0.15) is 194 Å². The van der Waals surface area contributed by atoms with E-state index in [0.29, 0.717) is 19.3 Å². The molecule has 0 radical (unpaired) electrons. The summed E-state index contributed by atoms with van der Waals surface area (Å²) in [6, 6.07) is 0. The molecular formula is C47H85O13P. The number of hydrogen-bond acceptors (Lipinski definition) is 12. The van der Waals surface area contributed by atoms with Crippen molar-refractivity contribution in [2.45, 2.75) is 236 Å². The largest absolute Gasteiger partial charge is 0.472 e. The normalized spacial score (nSPS) is 22.3. The lowest BCUT2D eigenvalue weighted by Crippen LogP contribution is -2.64. The van der Waals surface area contributed by atoms with Crippen LogP contribution in [0.3, 0.4) is 0 Å². The van der Waals surface area contributed by atoms with Gasteiger partial charge in [-0.2, -0.15) is 0 Å². The molecule has 1 aliphatic carbocycles. The molecule has 1 aliphatic rings. The van der Waals surface area contributed by atoms with Gasteiger partial charge in [-0.05, 0) is 38.5 Å². The molecule has 6 atom stereocenters. The van der Waals surface area contributed by atoms with Crippen LogP contribution in [0.5, 0.6) is 0 Å². The average molecular weight is 889 g/mol. The Morgan fingerprint density at radius 2 is 0.918 bits per heavy atom. The van der Waals surface area contributed by atoms with Crippen LogP contribution in [0.2, 0.25) is 0 Å². The monoisotopic (exact) mass is 889 g/mol. The van der Waals surface area contributed by atoms with Crippen molar-refractivity contribution in [1.82, 2.24) is 0 Å². The molecule has 1 saturated carbocycles. The summed E-state index contributed by atoms with van der Waals surface area (Å²) in [4.78, 5) is 35.7. The van der Waals surface area contributed by atoms with Gasteiger partial charge in [0.1, 0.15) is 43.2 Å². The van der Waals surface area contributed by atoms with Crippen LogP contribution in [-0.2, 0) is 32.7 Å². The number of ether oxygens (including phenoxy) is 2. The number of aliphatic hydroxyl groups is 5. The number of phosphoric ester groups is 1. The number of carbonyl (C=O) groups excluding carboxylic acids is 2.